The minimum Gasteiger partial charge on any atom is -0.492 e. The SMILES string of the molecule is CCOc1ccc(OCC2CCC(C3CCC(C)CC3)CC2)c(F)c1Cl. The van der Waals surface area contributed by atoms with E-state index in [1.54, 1.807) is 12.1 Å². The molecule has 2 aliphatic rings. The van der Waals surface area contributed by atoms with Crippen LogP contribution >= 0.6 is 11.6 Å². The fraction of sp³-hybridized carbons (Fsp3) is 0.727. The maximum Gasteiger partial charge on any atom is 0.187 e. The second kappa shape index (κ2) is 9.30. The van der Waals surface area contributed by atoms with Gasteiger partial charge in [-0.2, -0.15) is 0 Å². The zero-order valence-corrected chi connectivity index (χ0v) is 16.9. The van der Waals surface area contributed by atoms with E-state index in [-0.39, 0.29) is 10.8 Å². The monoisotopic (exact) mass is 382 g/mol. The Hall–Kier alpha value is -0.960. The molecular formula is C22H32ClFO2. The van der Waals surface area contributed by atoms with Crippen LogP contribution in [0.2, 0.25) is 5.02 Å². The topological polar surface area (TPSA) is 18.5 Å². The van der Waals surface area contributed by atoms with Crippen LogP contribution in [0.15, 0.2) is 12.1 Å². The molecule has 0 spiro atoms. The summed E-state index contributed by atoms with van der Waals surface area (Å²) < 4.78 is 25.4. The van der Waals surface area contributed by atoms with Crippen molar-refractivity contribution >= 4 is 11.6 Å². The molecule has 0 aliphatic heterocycles. The normalized spacial score (nSPS) is 29.4. The third-order valence-electron chi connectivity index (χ3n) is 6.40. The first-order chi connectivity index (χ1) is 12.6. The maximum atomic E-state index is 14.3. The molecule has 3 rings (SSSR count). The van der Waals surface area contributed by atoms with Crippen molar-refractivity contribution in [1.82, 2.24) is 0 Å². The van der Waals surface area contributed by atoms with Crippen molar-refractivity contribution in [3.05, 3.63) is 23.0 Å². The average molecular weight is 383 g/mol. The van der Waals surface area contributed by atoms with Crippen molar-refractivity contribution in [2.45, 2.75) is 65.2 Å². The molecule has 0 aromatic heterocycles. The Morgan fingerprint density at radius 2 is 1.50 bits per heavy atom. The molecule has 2 saturated carbocycles. The van der Waals surface area contributed by atoms with Crippen LogP contribution in [0.3, 0.4) is 0 Å². The number of rotatable bonds is 6. The van der Waals surface area contributed by atoms with Gasteiger partial charge in [0, 0.05) is 0 Å². The van der Waals surface area contributed by atoms with Gasteiger partial charge in [0.2, 0.25) is 0 Å². The van der Waals surface area contributed by atoms with E-state index in [0.717, 1.165) is 17.8 Å². The van der Waals surface area contributed by atoms with Gasteiger partial charge in [0.05, 0.1) is 13.2 Å². The van der Waals surface area contributed by atoms with Gasteiger partial charge in [-0.25, -0.2) is 4.39 Å². The summed E-state index contributed by atoms with van der Waals surface area (Å²) in [5.41, 5.74) is 0. The number of ether oxygens (including phenoxy) is 2. The minimum absolute atomic E-state index is 0.0135. The van der Waals surface area contributed by atoms with Crippen molar-refractivity contribution in [3.63, 3.8) is 0 Å². The summed E-state index contributed by atoms with van der Waals surface area (Å²) in [7, 11) is 0. The summed E-state index contributed by atoms with van der Waals surface area (Å²) in [5.74, 6) is 3.39. The van der Waals surface area contributed by atoms with Crippen LogP contribution in [-0.2, 0) is 0 Å². The first-order valence-corrected chi connectivity index (χ1v) is 10.7. The Bertz CT molecular complexity index is 576. The van der Waals surface area contributed by atoms with Gasteiger partial charge in [0.15, 0.2) is 11.6 Å². The lowest BCUT2D eigenvalue weighted by Gasteiger charge is -2.37. The number of hydrogen-bond donors (Lipinski definition) is 0. The van der Waals surface area contributed by atoms with Crippen molar-refractivity contribution in [2.24, 2.45) is 23.7 Å². The zero-order chi connectivity index (χ0) is 18.5. The molecular weight excluding hydrogens is 351 g/mol. The molecule has 146 valence electrons. The van der Waals surface area contributed by atoms with Crippen LogP contribution in [-0.4, -0.2) is 13.2 Å². The van der Waals surface area contributed by atoms with Crippen LogP contribution in [0.4, 0.5) is 4.39 Å². The summed E-state index contributed by atoms with van der Waals surface area (Å²) in [4.78, 5) is 0. The summed E-state index contributed by atoms with van der Waals surface area (Å²) in [5, 5.41) is 0.0135. The molecule has 0 N–H and O–H groups in total. The van der Waals surface area contributed by atoms with E-state index in [4.69, 9.17) is 21.1 Å². The predicted octanol–water partition coefficient (Wildman–Crippen LogP) is 6.89. The molecule has 0 heterocycles. The molecule has 26 heavy (non-hydrogen) atoms. The standard InChI is InChI=1S/C22H32ClFO2/c1-3-25-19-12-13-20(22(24)21(19)23)26-14-16-6-10-18(11-7-16)17-8-4-15(2)5-9-17/h12-13,15-18H,3-11,14H2,1-2H3. The zero-order valence-electron chi connectivity index (χ0n) is 16.1. The van der Waals surface area contributed by atoms with Crippen LogP contribution in [0.25, 0.3) is 0 Å². The molecule has 2 fully saturated rings. The van der Waals surface area contributed by atoms with Gasteiger partial charge < -0.3 is 9.47 Å². The lowest BCUT2D eigenvalue weighted by atomic mass is 9.69. The van der Waals surface area contributed by atoms with E-state index in [0.29, 0.717) is 24.9 Å². The summed E-state index contributed by atoms with van der Waals surface area (Å²) in [6.07, 6.45) is 10.7. The molecule has 0 saturated heterocycles. The lowest BCUT2D eigenvalue weighted by molar-refractivity contribution is 0.124. The molecule has 1 aromatic carbocycles. The second-order valence-corrected chi connectivity index (χ2v) is 8.61. The molecule has 0 amide bonds. The van der Waals surface area contributed by atoms with Gasteiger partial charge in [-0.1, -0.05) is 31.4 Å². The number of hydrogen-bond acceptors (Lipinski definition) is 2. The van der Waals surface area contributed by atoms with E-state index < -0.39 is 5.82 Å². The molecule has 1 aromatic rings. The Morgan fingerprint density at radius 1 is 0.923 bits per heavy atom. The average Bonchev–Trinajstić information content (AvgIpc) is 2.66. The quantitative estimate of drug-likeness (QED) is 0.533. The van der Waals surface area contributed by atoms with E-state index >= 15 is 0 Å². The minimum atomic E-state index is -0.511. The molecule has 2 aliphatic carbocycles. The van der Waals surface area contributed by atoms with E-state index in [2.05, 4.69) is 6.92 Å². The Labute approximate surface area is 162 Å². The molecule has 0 unspecified atom stereocenters. The van der Waals surface area contributed by atoms with Gasteiger partial charge in [0.1, 0.15) is 10.8 Å². The summed E-state index contributed by atoms with van der Waals surface area (Å²) in [6.45, 7) is 5.28. The third kappa shape index (κ3) is 4.85. The van der Waals surface area contributed by atoms with Gasteiger partial charge in [0.25, 0.3) is 0 Å². The molecule has 0 radical (unpaired) electrons. The van der Waals surface area contributed by atoms with E-state index in [9.17, 15) is 4.39 Å². The van der Waals surface area contributed by atoms with Gasteiger partial charge in [-0.3, -0.25) is 0 Å². The Morgan fingerprint density at radius 3 is 2.12 bits per heavy atom. The smallest absolute Gasteiger partial charge is 0.187 e. The Balaban J connectivity index is 1.46. The highest BCUT2D eigenvalue weighted by Gasteiger charge is 2.30. The molecule has 4 heteroatoms. The van der Waals surface area contributed by atoms with E-state index in [1.807, 2.05) is 6.92 Å². The first kappa shape index (κ1) is 19.8. The second-order valence-electron chi connectivity index (χ2n) is 8.23. The first-order valence-electron chi connectivity index (χ1n) is 10.3. The predicted molar refractivity (Wildman–Crippen MR) is 105 cm³/mol. The highest BCUT2D eigenvalue weighted by Crippen LogP contribution is 2.41. The van der Waals surface area contributed by atoms with Gasteiger partial charge in [-0.15, -0.1) is 0 Å². The summed E-state index contributed by atoms with van der Waals surface area (Å²) in [6, 6.07) is 3.31. The van der Waals surface area contributed by atoms with Crippen LogP contribution in [0.5, 0.6) is 11.5 Å². The fourth-order valence-corrected chi connectivity index (χ4v) is 4.89. The van der Waals surface area contributed by atoms with Crippen molar-refractivity contribution in [2.75, 3.05) is 13.2 Å². The van der Waals surface area contributed by atoms with Crippen LogP contribution < -0.4 is 9.47 Å². The van der Waals surface area contributed by atoms with E-state index in [1.165, 1.54) is 51.4 Å². The number of halogens is 2. The lowest BCUT2D eigenvalue weighted by Crippen LogP contribution is -2.27. The molecule has 0 bridgehead atoms. The van der Waals surface area contributed by atoms with Gasteiger partial charge >= 0.3 is 0 Å². The van der Waals surface area contributed by atoms with Crippen molar-refractivity contribution in [3.8, 4) is 11.5 Å². The highest BCUT2D eigenvalue weighted by molar-refractivity contribution is 6.32. The fourth-order valence-electron chi connectivity index (χ4n) is 4.68. The van der Waals surface area contributed by atoms with Crippen LogP contribution in [0, 0.1) is 29.5 Å². The van der Waals surface area contributed by atoms with Gasteiger partial charge in [-0.05, 0) is 81.3 Å². The largest absolute Gasteiger partial charge is 0.492 e. The highest BCUT2D eigenvalue weighted by atomic mass is 35.5. The third-order valence-corrected chi connectivity index (χ3v) is 6.76. The Kier molecular flexibility index (Phi) is 7.08. The maximum absolute atomic E-state index is 14.3. The molecule has 0 atom stereocenters. The molecule has 2 nitrogen and oxygen atoms in total. The number of benzene rings is 1. The van der Waals surface area contributed by atoms with Crippen LogP contribution in [0.1, 0.15) is 65.2 Å². The van der Waals surface area contributed by atoms with Crippen molar-refractivity contribution < 1.29 is 13.9 Å². The summed E-state index contributed by atoms with van der Waals surface area (Å²) >= 11 is 6.03. The van der Waals surface area contributed by atoms with Crippen molar-refractivity contribution in [1.29, 1.82) is 0 Å².